The Labute approximate surface area is 114 Å². The summed E-state index contributed by atoms with van der Waals surface area (Å²) in [4.78, 5) is 0. The Kier molecular flexibility index (Phi) is 13.2. The summed E-state index contributed by atoms with van der Waals surface area (Å²) in [5.41, 5.74) is 0. The van der Waals surface area contributed by atoms with Gasteiger partial charge in [0.25, 0.3) is 0 Å². The molecule has 3 nitrogen and oxygen atoms in total. The van der Waals surface area contributed by atoms with Crippen LogP contribution in [0.15, 0.2) is 0 Å². The normalized spacial score (nSPS) is 14.7. The lowest BCUT2D eigenvalue weighted by atomic mass is 10.0. The molecular weight excluding hydrogens is 226 g/mol. The van der Waals surface area contributed by atoms with Crippen molar-refractivity contribution < 1.29 is 9.47 Å². The molecule has 0 aliphatic carbocycles. The zero-order valence-corrected chi connectivity index (χ0v) is 12.8. The van der Waals surface area contributed by atoms with E-state index in [1.54, 1.807) is 7.11 Å². The van der Waals surface area contributed by atoms with Gasteiger partial charge >= 0.3 is 0 Å². The van der Waals surface area contributed by atoms with Crippen LogP contribution in [0.25, 0.3) is 0 Å². The van der Waals surface area contributed by atoms with E-state index in [1.165, 1.54) is 25.7 Å². The Hall–Kier alpha value is -0.120. The Morgan fingerprint density at radius 1 is 1.06 bits per heavy atom. The summed E-state index contributed by atoms with van der Waals surface area (Å²) >= 11 is 0. The zero-order valence-electron chi connectivity index (χ0n) is 12.8. The van der Waals surface area contributed by atoms with Crippen molar-refractivity contribution in [3.05, 3.63) is 0 Å². The van der Waals surface area contributed by atoms with Crippen molar-refractivity contribution in [2.75, 3.05) is 33.4 Å². The van der Waals surface area contributed by atoms with Crippen molar-refractivity contribution in [3.63, 3.8) is 0 Å². The van der Waals surface area contributed by atoms with E-state index in [1.807, 2.05) is 0 Å². The monoisotopic (exact) mass is 259 g/mol. The number of rotatable bonds is 13. The Morgan fingerprint density at radius 2 is 1.83 bits per heavy atom. The predicted octanol–water partition coefficient (Wildman–Crippen LogP) is 3.23. The molecule has 0 heterocycles. The Bertz CT molecular complexity index is 165. The van der Waals surface area contributed by atoms with Crippen LogP contribution in [0.2, 0.25) is 0 Å². The third-order valence-corrected chi connectivity index (χ3v) is 3.26. The molecule has 110 valence electrons. The van der Waals surface area contributed by atoms with E-state index in [4.69, 9.17) is 9.47 Å². The maximum Gasteiger partial charge on any atom is 0.0932 e. The molecule has 0 saturated heterocycles. The van der Waals surface area contributed by atoms with Crippen LogP contribution < -0.4 is 5.32 Å². The van der Waals surface area contributed by atoms with Gasteiger partial charge in [-0.05, 0) is 25.3 Å². The second-order valence-electron chi connectivity index (χ2n) is 5.03. The number of ether oxygens (including phenoxy) is 2. The van der Waals surface area contributed by atoms with E-state index in [-0.39, 0.29) is 6.10 Å². The lowest BCUT2D eigenvalue weighted by Crippen LogP contribution is -2.34. The Morgan fingerprint density at radius 3 is 2.39 bits per heavy atom. The molecular formula is C15H33NO2. The van der Waals surface area contributed by atoms with Gasteiger partial charge in [0, 0.05) is 20.3 Å². The SMILES string of the molecule is CCCCC(CC)COC(CNCCC)COC. The van der Waals surface area contributed by atoms with Gasteiger partial charge in [-0.1, -0.05) is 40.0 Å². The van der Waals surface area contributed by atoms with Gasteiger partial charge in [0.1, 0.15) is 0 Å². The lowest BCUT2D eigenvalue weighted by Gasteiger charge is -2.21. The number of methoxy groups -OCH3 is 1. The van der Waals surface area contributed by atoms with Crippen molar-refractivity contribution in [3.8, 4) is 0 Å². The first kappa shape index (κ1) is 17.9. The molecule has 0 aliphatic rings. The van der Waals surface area contributed by atoms with E-state index in [0.717, 1.165) is 26.1 Å². The second-order valence-corrected chi connectivity index (χ2v) is 5.03. The predicted molar refractivity (Wildman–Crippen MR) is 78.1 cm³/mol. The standard InChI is InChI=1S/C15H33NO2/c1-5-8-9-14(7-3)12-18-15(13-17-4)11-16-10-6-2/h14-16H,5-13H2,1-4H3. The third-order valence-electron chi connectivity index (χ3n) is 3.26. The molecule has 0 bridgehead atoms. The highest BCUT2D eigenvalue weighted by Crippen LogP contribution is 2.13. The van der Waals surface area contributed by atoms with E-state index in [9.17, 15) is 0 Å². The van der Waals surface area contributed by atoms with Crippen LogP contribution in [0, 0.1) is 5.92 Å². The van der Waals surface area contributed by atoms with Gasteiger partial charge in [-0.15, -0.1) is 0 Å². The lowest BCUT2D eigenvalue weighted by molar-refractivity contribution is -0.0177. The fraction of sp³-hybridized carbons (Fsp3) is 1.00. The van der Waals surface area contributed by atoms with Crippen LogP contribution in [0.1, 0.15) is 52.9 Å². The number of hydrogen-bond acceptors (Lipinski definition) is 3. The van der Waals surface area contributed by atoms with Crippen molar-refractivity contribution in [2.24, 2.45) is 5.92 Å². The van der Waals surface area contributed by atoms with E-state index >= 15 is 0 Å². The highest BCUT2D eigenvalue weighted by molar-refractivity contribution is 4.63. The van der Waals surface area contributed by atoms with Crippen LogP contribution in [0.3, 0.4) is 0 Å². The molecule has 0 saturated carbocycles. The number of nitrogens with one attached hydrogen (secondary N) is 1. The first-order chi connectivity index (χ1) is 8.78. The third kappa shape index (κ3) is 9.86. The summed E-state index contributed by atoms with van der Waals surface area (Å²) in [5.74, 6) is 0.704. The summed E-state index contributed by atoms with van der Waals surface area (Å²) in [6.45, 7) is 10.2. The Balaban J connectivity index is 3.83. The van der Waals surface area contributed by atoms with Crippen LogP contribution in [-0.2, 0) is 9.47 Å². The van der Waals surface area contributed by atoms with E-state index in [2.05, 4.69) is 26.1 Å². The highest BCUT2D eigenvalue weighted by atomic mass is 16.5. The topological polar surface area (TPSA) is 30.5 Å². The highest BCUT2D eigenvalue weighted by Gasteiger charge is 2.12. The van der Waals surface area contributed by atoms with Gasteiger partial charge in [0.05, 0.1) is 12.7 Å². The molecule has 0 fully saturated rings. The van der Waals surface area contributed by atoms with E-state index in [0.29, 0.717) is 12.5 Å². The summed E-state index contributed by atoms with van der Waals surface area (Å²) in [6, 6.07) is 0. The first-order valence-corrected chi connectivity index (χ1v) is 7.59. The maximum atomic E-state index is 5.99. The van der Waals surface area contributed by atoms with Crippen molar-refractivity contribution >= 4 is 0 Å². The van der Waals surface area contributed by atoms with Crippen LogP contribution in [0.4, 0.5) is 0 Å². The van der Waals surface area contributed by atoms with Crippen molar-refractivity contribution in [1.29, 1.82) is 0 Å². The number of unbranched alkanes of at least 4 members (excludes halogenated alkanes) is 1. The van der Waals surface area contributed by atoms with Gasteiger partial charge in [-0.25, -0.2) is 0 Å². The summed E-state index contributed by atoms with van der Waals surface area (Å²) < 4.78 is 11.2. The smallest absolute Gasteiger partial charge is 0.0932 e. The van der Waals surface area contributed by atoms with Gasteiger partial charge < -0.3 is 14.8 Å². The molecule has 0 amide bonds. The van der Waals surface area contributed by atoms with Crippen LogP contribution in [-0.4, -0.2) is 39.5 Å². The molecule has 0 aromatic carbocycles. The quantitative estimate of drug-likeness (QED) is 0.515. The van der Waals surface area contributed by atoms with Gasteiger partial charge in [0.2, 0.25) is 0 Å². The fourth-order valence-corrected chi connectivity index (χ4v) is 1.96. The van der Waals surface area contributed by atoms with Crippen LogP contribution >= 0.6 is 0 Å². The van der Waals surface area contributed by atoms with Crippen molar-refractivity contribution in [1.82, 2.24) is 5.32 Å². The average Bonchev–Trinajstić information content (AvgIpc) is 2.39. The molecule has 0 aliphatic heterocycles. The van der Waals surface area contributed by atoms with Crippen molar-refractivity contribution in [2.45, 2.75) is 59.0 Å². The van der Waals surface area contributed by atoms with Gasteiger partial charge in [0.15, 0.2) is 0 Å². The average molecular weight is 259 g/mol. The summed E-state index contributed by atoms with van der Waals surface area (Å²) in [6.07, 6.45) is 6.43. The largest absolute Gasteiger partial charge is 0.382 e. The molecule has 0 spiro atoms. The molecule has 0 radical (unpaired) electrons. The maximum absolute atomic E-state index is 5.99. The number of hydrogen-bond donors (Lipinski definition) is 1. The zero-order chi connectivity index (χ0) is 13.6. The molecule has 0 aromatic heterocycles. The molecule has 3 heteroatoms. The van der Waals surface area contributed by atoms with Gasteiger partial charge in [-0.2, -0.15) is 0 Å². The van der Waals surface area contributed by atoms with Gasteiger partial charge in [-0.3, -0.25) is 0 Å². The molecule has 2 unspecified atom stereocenters. The molecule has 1 N–H and O–H groups in total. The second kappa shape index (κ2) is 13.3. The first-order valence-electron chi connectivity index (χ1n) is 7.59. The minimum absolute atomic E-state index is 0.192. The van der Waals surface area contributed by atoms with Crippen LogP contribution in [0.5, 0.6) is 0 Å². The molecule has 18 heavy (non-hydrogen) atoms. The molecule has 2 atom stereocenters. The minimum atomic E-state index is 0.192. The molecule has 0 rings (SSSR count). The van der Waals surface area contributed by atoms with E-state index < -0.39 is 0 Å². The minimum Gasteiger partial charge on any atom is -0.382 e. The fourth-order valence-electron chi connectivity index (χ4n) is 1.96. The summed E-state index contributed by atoms with van der Waals surface area (Å²) in [7, 11) is 1.74. The summed E-state index contributed by atoms with van der Waals surface area (Å²) in [5, 5.41) is 3.40. The molecule has 0 aromatic rings.